The lowest BCUT2D eigenvalue weighted by atomic mass is 9.86. The number of nitrogens with zero attached hydrogens (tertiary/aromatic N) is 1. The second kappa shape index (κ2) is 13.6. The average Bonchev–Trinajstić information content (AvgIpc) is 3.09. The van der Waals surface area contributed by atoms with Crippen LogP contribution in [0.1, 0.15) is 67.9 Å². The SMILES string of the molecule is COc1ccc(COC/C=C/C=C/[C@@H](C)[C@@H](O[Si](C)(C)C(C)(C)C)[C@H](C)[C@@H]2OC(C)(C)N(C(C)=O)[C@@H]2C)cc1. The van der Waals surface area contributed by atoms with Crippen LogP contribution in [0.4, 0.5) is 0 Å². The third-order valence-electron chi connectivity index (χ3n) is 8.32. The molecule has 1 aromatic carbocycles. The van der Waals surface area contributed by atoms with Crippen LogP contribution in [0.5, 0.6) is 5.75 Å². The maximum atomic E-state index is 12.4. The molecule has 1 aliphatic rings. The highest BCUT2D eigenvalue weighted by Gasteiger charge is 2.51. The van der Waals surface area contributed by atoms with Gasteiger partial charge in [-0.15, -0.1) is 0 Å². The normalized spacial score (nSPS) is 22.4. The molecule has 220 valence electrons. The summed E-state index contributed by atoms with van der Waals surface area (Å²) in [5, 5.41) is 0.0857. The van der Waals surface area contributed by atoms with E-state index in [0.717, 1.165) is 11.3 Å². The number of methoxy groups -OCH3 is 1. The number of carbonyl (C=O) groups excluding carboxylic acids is 1. The molecule has 0 aliphatic carbocycles. The molecule has 1 saturated heterocycles. The lowest BCUT2D eigenvalue weighted by molar-refractivity contribution is -0.146. The van der Waals surface area contributed by atoms with E-state index in [0.29, 0.717) is 13.2 Å². The van der Waals surface area contributed by atoms with Gasteiger partial charge in [0.15, 0.2) is 8.32 Å². The molecule has 2 rings (SSSR count). The van der Waals surface area contributed by atoms with Crippen LogP contribution in [-0.2, 0) is 25.3 Å². The molecule has 1 heterocycles. The molecular formula is C32H53NO5Si. The first-order valence-electron chi connectivity index (χ1n) is 14.2. The van der Waals surface area contributed by atoms with Gasteiger partial charge in [0.2, 0.25) is 5.91 Å². The van der Waals surface area contributed by atoms with Crippen LogP contribution in [0, 0.1) is 11.8 Å². The van der Waals surface area contributed by atoms with Gasteiger partial charge < -0.3 is 23.5 Å². The van der Waals surface area contributed by atoms with Gasteiger partial charge in [-0.05, 0) is 62.5 Å². The zero-order valence-corrected chi connectivity index (χ0v) is 27.4. The van der Waals surface area contributed by atoms with E-state index in [2.05, 4.69) is 66.8 Å². The first-order valence-corrected chi connectivity index (χ1v) is 17.1. The number of amides is 1. The van der Waals surface area contributed by atoms with Crippen LogP contribution in [-0.4, -0.2) is 56.8 Å². The number of carbonyl (C=O) groups is 1. The molecule has 1 fully saturated rings. The fraction of sp³-hybridized carbons (Fsp3) is 0.656. The molecular weight excluding hydrogens is 506 g/mol. The summed E-state index contributed by atoms with van der Waals surface area (Å²) in [6.45, 7) is 24.6. The Hall–Kier alpha value is -1.93. The molecule has 1 aromatic rings. The zero-order valence-electron chi connectivity index (χ0n) is 26.4. The molecule has 0 aromatic heterocycles. The van der Waals surface area contributed by atoms with Gasteiger partial charge in [-0.3, -0.25) is 4.79 Å². The molecule has 0 spiro atoms. The zero-order chi connectivity index (χ0) is 29.6. The lowest BCUT2D eigenvalue weighted by Gasteiger charge is -2.43. The van der Waals surface area contributed by atoms with Gasteiger partial charge in [0.1, 0.15) is 11.5 Å². The number of hydrogen-bond donors (Lipinski definition) is 0. The Labute approximate surface area is 238 Å². The van der Waals surface area contributed by atoms with Gasteiger partial charge in [0.25, 0.3) is 0 Å². The predicted molar refractivity (Wildman–Crippen MR) is 162 cm³/mol. The fourth-order valence-corrected chi connectivity index (χ4v) is 6.65. The Morgan fingerprint density at radius 1 is 1.15 bits per heavy atom. The average molecular weight is 560 g/mol. The largest absolute Gasteiger partial charge is 0.497 e. The topological polar surface area (TPSA) is 57.2 Å². The highest BCUT2D eigenvalue weighted by Crippen LogP contribution is 2.42. The first kappa shape index (κ1) is 33.3. The molecule has 1 aliphatic heterocycles. The van der Waals surface area contributed by atoms with Crippen LogP contribution in [0.25, 0.3) is 0 Å². The summed E-state index contributed by atoms with van der Waals surface area (Å²) in [5.41, 5.74) is 0.474. The van der Waals surface area contributed by atoms with Gasteiger partial charge in [-0.1, -0.05) is 71.1 Å². The quantitative estimate of drug-likeness (QED) is 0.152. The molecule has 1 amide bonds. The van der Waals surface area contributed by atoms with Gasteiger partial charge in [-0.2, -0.15) is 0 Å². The lowest BCUT2D eigenvalue weighted by Crippen LogP contribution is -2.50. The van der Waals surface area contributed by atoms with Crippen molar-refractivity contribution < 1.29 is 23.4 Å². The van der Waals surface area contributed by atoms with Crippen molar-refractivity contribution in [2.45, 2.75) is 111 Å². The number of allylic oxidation sites excluding steroid dienone is 2. The summed E-state index contributed by atoms with van der Waals surface area (Å²) >= 11 is 0. The summed E-state index contributed by atoms with van der Waals surface area (Å²) in [4.78, 5) is 14.3. The summed E-state index contributed by atoms with van der Waals surface area (Å²) in [6, 6.07) is 7.88. The minimum atomic E-state index is -2.06. The van der Waals surface area contributed by atoms with E-state index >= 15 is 0 Å². The molecule has 0 saturated carbocycles. The van der Waals surface area contributed by atoms with Crippen molar-refractivity contribution in [1.82, 2.24) is 4.90 Å². The van der Waals surface area contributed by atoms with Crippen molar-refractivity contribution in [1.29, 1.82) is 0 Å². The van der Waals surface area contributed by atoms with Crippen molar-refractivity contribution in [3.63, 3.8) is 0 Å². The summed E-state index contributed by atoms with van der Waals surface area (Å²) in [5.74, 6) is 1.13. The second-order valence-corrected chi connectivity index (χ2v) is 17.7. The summed E-state index contributed by atoms with van der Waals surface area (Å²) < 4.78 is 24.6. The monoisotopic (exact) mass is 559 g/mol. The molecule has 0 bridgehead atoms. The van der Waals surface area contributed by atoms with Crippen LogP contribution in [0.15, 0.2) is 48.6 Å². The van der Waals surface area contributed by atoms with Crippen molar-refractivity contribution in [3.8, 4) is 5.75 Å². The second-order valence-electron chi connectivity index (χ2n) is 12.9. The number of rotatable bonds is 12. The van der Waals surface area contributed by atoms with Crippen LogP contribution in [0.3, 0.4) is 0 Å². The van der Waals surface area contributed by atoms with Crippen molar-refractivity contribution in [2.24, 2.45) is 11.8 Å². The molecule has 5 atom stereocenters. The minimum Gasteiger partial charge on any atom is -0.497 e. The molecule has 0 unspecified atom stereocenters. The van der Waals surface area contributed by atoms with Crippen LogP contribution < -0.4 is 4.74 Å². The van der Waals surface area contributed by atoms with Crippen LogP contribution in [0.2, 0.25) is 18.1 Å². The highest BCUT2D eigenvalue weighted by molar-refractivity contribution is 6.74. The third-order valence-corrected chi connectivity index (χ3v) is 12.8. The number of hydrogen-bond acceptors (Lipinski definition) is 5. The van der Waals surface area contributed by atoms with E-state index in [-0.39, 0.29) is 41.0 Å². The number of benzene rings is 1. The molecule has 0 N–H and O–H groups in total. The summed E-state index contributed by atoms with van der Waals surface area (Å²) in [7, 11) is -0.395. The smallest absolute Gasteiger partial charge is 0.222 e. The maximum absolute atomic E-state index is 12.4. The number of ether oxygens (including phenoxy) is 3. The maximum Gasteiger partial charge on any atom is 0.222 e. The Balaban J connectivity index is 2.10. The molecule has 0 radical (unpaired) electrons. The van der Waals surface area contributed by atoms with E-state index in [4.69, 9.17) is 18.6 Å². The Kier molecular flexibility index (Phi) is 11.6. The van der Waals surface area contributed by atoms with Gasteiger partial charge >= 0.3 is 0 Å². The Morgan fingerprint density at radius 3 is 2.28 bits per heavy atom. The van der Waals surface area contributed by atoms with Crippen molar-refractivity contribution >= 4 is 14.2 Å². The molecule has 39 heavy (non-hydrogen) atoms. The highest BCUT2D eigenvalue weighted by atomic mass is 28.4. The van der Waals surface area contributed by atoms with Gasteiger partial charge in [-0.25, -0.2) is 0 Å². The van der Waals surface area contributed by atoms with E-state index in [1.54, 1.807) is 14.0 Å². The molecule has 7 heteroatoms. The van der Waals surface area contributed by atoms with Crippen molar-refractivity contribution in [3.05, 3.63) is 54.1 Å². The van der Waals surface area contributed by atoms with Gasteiger partial charge in [0.05, 0.1) is 38.6 Å². The third kappa shape index (κ3) is 8.77. The van der Waals surface area contributed by atoms with E-state index in [1.165, 1.54) is 0 Å². The first-order chi connectivity index (χ1) is 18.0. The van der Waals surface area contributed by atoms with Crippen LogP contribution >= 0.6 is 0 Å². The van der Waals surface area contributed by atoms with E-state index < -0.39 is 14.0 Å². The summed E-state index contributed by atoms with van der Waals surface area (Å²) in [6.07, 6.45) is 8.19. The van der Waals surface area contributed by atoms with E-state index in [1.807, 2.05) is 55.2 Å². The standard InChI is InChI=1S/C32H53NO5Si/c1-23(16-14-13-15-21-36-22-27-17-19-28(35-10)20-18-27)29(38-39(11,12)31(5,6)7)24(2)30-25(3)33(26(4)34)32(8,9)37-30/h13-20,23-25,29-30H,21-22H2,1-12H3/b15-13+,16-14+/t23-,24+,25-,29-,30+/m1/s1. The van der Waals surface area contributed by atoms with E-state index in [9.17, 15) is 4.79 Å². The van der Waals surface area contributed by atoms with Gasteiger partial charge in [0, 0.05) is 12.8 Å². The molecule has 6 nitrogen and oxygen atoms in total. The Bertz CT molecular complexity index is 979. The predicted octanol–water partition coefficient (Wildman–Crippen LogP) is 7.36. The van der Waals surface area contributed by atoms with Crippen molar-refractivity contribution in [2.75, 3.05) is 13.7 Å². The Morgan fingerprint density at radius 2 is 1.77 bits per heavy atom. The fourth-order valence-electron chi connectivity index (χ4n) is 5.19. The minimum absolute atomic E-state index is 0.0306.